The predicted octanol–water partition coefficient (Wildman–Crippen LogP) is 2.79. The van der Waals surface area contributed by atoms with Crippen LogP contribution in [0.5, 0.6) is 0 Å². The van der Waals surface area contributed by atoms with E-state index in [1.165, 1.54) is 18.2 Å². The van der Waals surface area contributed by atoms with Gasteiger partial charge in [-0.2, -0.15) is 0 Å². The number of rotatable bonds is 4. The zero-order chi connectivity index (χ0) is 19.4. The van der Waals surface area contributed by atoms with Gasteiger partial charge in [0.25, 0.3) is 11.6 Å². The van der Waals surface area contributed by atoms with Crippen LogP contribution in [0.2, 0.25) is 0 Å². The summed E-state index contributed by atoms with van der Waals surface area (Å²) in [6.07, 6.45) is 3.05. The molecule has 0 aliphatic carbocycles. The molecule has 1 aliphatic heterocycles. The van der Waals surface area contributed by atoms with Gasteiger partial charge in [0.1, 0.15) is 5.82 Å². The molecule has 2 amide bonds. The second-order valence-electron chi connectivity index (χ2n) is 6.61. The van der Waals surface area contributed by atoms with Crippen molar-refractivity contribution in [2.75, 3.05) is 18.4 Å². The minimum atomic E-state index is -0.530. The van der Waals surface area contributed by atoms with Crippen molar-refractivity contribution in [3.63, 3.8) is 0 Å². The Hall–Kier alpha value is -3.29. The van der Waals surface area contributed by atoms with E-state index in [2.05, 4.69) is 10.3 Å². The third-order valence-corrected chi connectivity index (χ3v) is 4.55. The first kappa shape index (κ1) is 18.5. The maximum absolute atomic E-state index is 12.7. The van der Waals surface area contributed by atoms with Crippen molar-refractivity contribution in [2.24, 2.45) is 5.92 Å². The van der Waals surface area contributed by atoms with E-state index in [-0.39, 0.29) is 35.5 Å². The van der Waals surface area contributed by atoms with Crippen molar-refractivity contribution in [3.8, 4) is 0 Å². The van der Waals surface area contributed by atoms with Crippen LogP contribution in [-0.2, 0) is 4.79 Å². The standard InChI is InChI=1S/C19H20N4O4/c1-13-7-8-17(20-11-13)21-18(24)15-5-3-9-22(12-15)19(25)14-4-2-6-16(10-14)23(26)27/h2,4,6-8,10-11,15H,3,5,9,12H2,1H3,(H,20,21,24). The number of pyridine rings is 1. The van der Waals surface area contributed by atoms with Gasteiger partial charge in [0.15, 0.2) is 0 Å². The van der Waals surface area contributed by atoms with Crippen molar-refractivity contribution in [3.05, 3.63) is 63.8 Å². The van der Waals surface area contributed by atoms with Gasteiger partial charge < -0.3 is 10.2 Å². The van der Waals surface area contributed by atoms with Gasteiger partial charge in [-0.15, -0.1) is 0 Å². The van der Waals surface area contributed by atoms with Crippen LogP contribution in [0.4, 0.5) is 11.5 Å². The molecule has 2 heterocycles. The maximum Gasteiger partial charge on any atom is 0.270 e. The number of nitro benzene ring substituents is 1. The number of nitro groups is 1. The van der Waals surface area contributed by atoms with Gasteiger partial charge >= 0.3 is 0 Å². The number of carbonyl (C=O) groups excluding carboxylic acids is 2. The van der Waals surface area contributed by atoms with Crippen molar-refractivity contribution in [1.82, 2.24) is 9.88 Å². The average molecular weight is 368 g/mol. The SMILES string of the molecule is Cc1ccc(NC(=O)C2CCCN(C(=O)c3cccc([N+](=O)[O-])c3)C2)nc1. The highest BCUT2D eigenvalue weighted by Gasteiger charge is 2.29. The lowest BCUT2D eigenvalue weighted by Crippen LogP contribution is -2.43. The molecule has 1 unspecified atom stereocenters. The summed E-state index contributed by atoms with van der Waals surface area (Å²) in [5.41, 5.74) is 1.13. The summed E-state index contributed by atoms with van der Waals surface area (Å²) in [5, 5.41) is 13.7. The molecule has 0 bridgehead atoms. The molecular formula is C19H20N4O4. The number of carbonyl (C=O) groups is 2. The van der Waals surface area contributed by atoms with Crippen LogP contribution < -0.4 is 5.32 Å². The van der Waals surface area contributed by atoms with Gasteiger partial charge in [-0.3, -0.25) is 19.7 Å². The Morgan fingerprint density at radius 3 is 2.81 bits per heavy atom. The Kier molecular flexibility index (Phi) is 5.44. The molecule has 8 nitrogen and oxygen atoms in total. The van der Waals surface area contributed by atoms with Crippen LogP contribution in [-0.4, -0.2) is 39.7 Å². The first-order valence-electron chi connectivity index (χ1n) is 8.71. The molecule has 8 heteroatoms. The molecule has 1 N–H and O–H groups in total. The summed E-state index contributed by atoms with van der Waals surface area (Å²) in [5.74, 6) is -0.343. The number of piperidine rings is 1. The molecule has 2 aromatic rings. The number of non-ortho nitro benzene ring substituents is 1. The van der Waals surface area contributed by atoms with Gasteiger partial charge in [-0.25, -0.2) is 4.98 Å². The monoisotopic (exact) mass is 368 g/mol. The Labute approximate surface area is 156 Å². The number of aryl methyl sites for hydroxylation is 1. The lowest BCUT2D eigenvalue weighted by Gasteiger charge is -2.32. The third-order valence-electron chi connectivity index (χ3n) is 4.55. The number of nitrogens with zero attached hydrogens (tertiary/aromatic N) is 3. The van der Waals surface area contributed by atoms with Gasteiger partial charge in [0.2, 0.25) is 5.91 Å². The molecule has 3 rings (SSSR count). The fourth-order valence-electron chi connectivity index (χ4n) is 3.08. The lowest BCUT2D eigenvalue weighted by atomic mass is 9.96. The number of hydrogen-bond donors (Lipinski definition) is 1. The van der Waals surface area contributed by atoms with E-state index in [4.69, 9.17) is 0 Å². The van der Waals surface area contributed by atoms with Crippen LogP contribution in [0, 0.1) is 23.0 Å². The van der Waals surface area contributed by atoms with Crippen LogP contribution in [0.3, 0.4) is 0 Å². The van der Waals surface area contributed by atoms with Crippen LogP contribution in [0.15, 0.2) is 42.6 Å². The normalized spacial score (nSPS) is 16.6. The molecule has 1 aliphatic rings. The van der Waals surface area contributed by atoms with E-state index in [0.29, 0.717) is 25.2 Å². The molecule has 0 radical (unpaired) electrons. The van der Waals surface area contributed by atoms with Gasteiger partial charge in [0, 0.05) is 37.0 Å². The number of anilines is 1. The smallest absolute Gasteiger partial charge is 0.270 e. The predicted molar refractivity (Wildman–Crippen MR) is 99.3 cm³/mol. The Morgan fingerprint density at radius 2 is 2.11 bits per heavy atom. The maximum atomic E-state index is 12.7. The number of likely N-dealkylation sites (tertiary alicyclic amines) is 1. The molecule has 1 aromatic carbocycles. The van der Waals surface area contributed by atoms with E-state index in [1.54, 1.807) is 23.2 Å². The number of benzene rings is 1. The Morgan fingerprint density at radius 1 is 1.30 bits per heavy atom. The number of nitrogens with one attached hydrogen (secondary N) is 1. The lowest BCUT2D eigenvalue weighted by molar-refractivity contribution is -0.384. The molecular weight excluding hydrogens is 348 g/mol. The van der Waals surface area contributed by atoms with Crippen molar-refractivity contribution in [2.45, 2.75) is 19.8 Å². The number of amides is 2. The number of hydrogen-bond acceptors (Lipinski definition) is 5. The molecule has 27 heavy (non-hydrogen) atoms. The van der Waals surface area contributed by atoms with Crippen LogP contribution in [0.25, 0.3) is 0 Å². The highest BCUT2D eigenvalue weighted by molar-refractivity contribution is 5.96. The van der Waals surface area contributed by atoms with E-state index in [1.807, 2.05) is 13.0 Å². The van der Waals surface area contributed by atoms with Crippen molar-refractivity contribution >= 4 is 23.3 Å². The van der Waals surface area contributed by atoms with Crippen LogP contribution in [0.1, 0.15) is 28.8 Å². The molecule has 1 fully saturated rings. The minimum Gasteiger partial charge on any atom is -0.338 e. The Balaban J connectivity index is 1.67. The van der Waals surface area contributed by atoms with Gasteiger partial charge in [0.05, 0.1) is 10.8 Å². The fraction of sp³-hybridized carbons (Fsp3) is 0.316. The highest BCUT2D eigenvalue weighted by atomic mass is 16.6. The summed E-state index contributed by atoms with van der Waals surface area (Å²) in [4.78, 5) is 41.3. The number of aromatic nitrogens is 1. The molecule has 1 saturated heterocycles. The van der Waals surface area contributed by atoms with E-state index in [0.717, 1.165) is 5.56 Å². The van der Waals surface area contributed by atoms with E-state index >= 15 is 0 Å². The summed E-state index contributed by atoms with van der Waals surface area (Å²) in [6, 6.07) is 9.25. The quantitative estimate of drug-likeness (QED) is 0.660. The zero-order valence-corrected chi connectivity index (χ0v) is 14.9. The largest absolute Gasteiger partial charge is 0.338 e. The summed E-state index contributed by atoms with van der Waals surface area (Å²) in [6.45, 7) is 2.71. The van der Waals surface area contributed by atoms with Crippen molar-refractivity contribution < 1.29 is 14.5 Å². The minimum absolute atomic E-state index is 0.127. The Bertz CT molecular complexity index is 866. The summed E-state index contributed by atoms with van der Waals surface area (Å²) >= 11 is 0. The van der Waals surface area contributed by atoms with E-state index < -0.39 is 4.92 Å². The molecule has 1 atom stereocenters. The first-order valence-corrected chi connectivity index (χ1v) is 8.71. The topological polar surface area (TPSA) is 105 Å². The summed E-state index contributed by atoms with van der Waals surface area (Å²) < 4.78 is 0. The average Bonchev–Trinajstić information content (AvgIpc) is 2.69. The van der Waals surface area contributed by atoms with Gasteiger partial charge in [-0.1, -0.05) is 12.1 Å². The van der Waals surface area contributed by atoms with Crippen LogP contribution >= 0.6 is 0 Å². The zero-order valence-electron chi connectivity index (χ0n) is 14.9. The van der Waals surface area contributed by atoms with E-state index in [9.17, 15) is 19.7 Å². The van der Waals surface area contributed by atoms with Gasteiger partial charge in [-0.05, 0) is 37.5 Å². The third kappa shape index (κ3) is 4.46. The highest BCUT2D eigenvalue weighted by Crippen LogP contribution is 2.22. The fourth-order valence-corrected chi connectivity index (χ4v) is 3.08. The molecule has 1 aromatic heterocycles. The second-order valence-corrected chi connectivity index (χ2v) is 6.61. The summed E-state index contributed by atoms with van der Waals surface area (Å²) in [7, 11) is 0. The molecule has 0 saturated carbocycles. The molecule has 0 spiro atoms. The van der Waals surface area contributed by atoms with Crippen molar-refractivity contribution in [1.29, 1.82) is 0 Å². The second kappa shape index (κ2) is 7.94. The first-order chi connectivity index (χ1) is 12.9. The molecule has 140 valence electrons.